The summed E-state index contributed by atoms with van der Waals surface area (Å²) in [5.74, 6) is -0.247. The molecule has 0 aromatic heterocycles. The Morgan fingerprint density at radius 2 is 2.05 bits per heavy atom. The van der Waals surface area contributed by atoms with Crippen molar-refractivity contribution in [1.29, 1.82) is 0 Å². The van der Waals surface area contributed by atoms with E-state index >= 15 is 0 Å². The molecule has 0 aliphatic heterocycles. The van der Waals surface area contributed by atoms with Crippen LogP contribution in [0, 0.1) is 0 Å². The van der Waals surface area contributed by atoms with Crippen molar-refractivity contribution in [2.24, 2.45) is 0 Å². The van der Waals surface area contributed by atoms with E-state index in [2.05, 4.69) is 5.32 Å². The number of anilines is 1. The summed E-state index contributed by atoms with van der Waals surface area (Å²) < 4.78 is 5.04. The third-order valence-electron chi connectivity index (χ3n) is 3.08. The largest absolute Gasteiger partial charge is 0.495 e. The molecule has 0 unspecified atom stereocenters. The molecule has 0 fully saturated rings. The second kappa shape index (κ2) is 8.97. The number of aliphatic carboxylic acids is 1. The van der Waals surface area contributed by atoms with Crippen molar-refractivity contribution in [3.05, 3.63) is 23.8 Å². The Labute approximate surface area is 124 Å². The number of unbranched alkanes of at least 4 members (excludes halogenated alkanes) is 2. The maximum Gasteiger partial charge on any atom is 0.303 e. The molecule has 0 atom stereocenters. The lowest BCUT2D eigenvalue weighted by Crippen LogP contribution is -2.24. The first-order chi connectivity index (χ1) is 10.0. The van der Waals surface area contributed by atoms with E-state index in [4.69, 9.17) is 15.6 Å². The predicted molar refractivity (Wildman–Crippen MR) is 80.7 cm³/mol. The van der Waals surface area contributed by atoms with E-state index in [1.54, 1.807) is 18.2 Å². The molecule has 0 heterocycles. The fourth-order valence-corrected chi connectivity index (χ4v) is 1.91. The van der Waals surface area contributed by atoms with E-state index in [9.17, 15) is 9.59 Å². The molecular formula is C15H22N2O4. The molecule has 6 nitrogen and oxygen atoms in total. The molecule has 0 spiro atoms. The van der Waals surface area contributed by atoms with Gasteiger partial charge in [-0.15, -0.1) is 0 Å². The van der Waals surface area contributed by atoms with E-state index in [0.717, 1.165) is 12.8 Å². The first-order valence-electron chi connectivity index (χ1n) is 6.94. The third-order valence-corrected chi connectivity index (χ3v) is 3.08. The second-order valence-electron chi connectivity index (χ2n) is 4.76. The van der Waals surface area contributed by atoms with Crippen LogP contribution in [0.1, 0.15) is 36.0 Å². The zero-order valence-corrected chi connectivity index (χ0v) is 12.2. The summed E-state index contributed by atoms with van der Waals surface area (Å²) in [6, 6.07) is 4.97. The third kappa shape index (κ3) is 6.27. The molecule has 116 valence electrons. The van der Waals surface area contributed by atoms with Crippen molar-refractivity contribution in [2.45, 2.75) is 25.7 Å². The molecule has 0 saturated heterocycles. The van der Waals surface area contributed by atoms with Gasteiger partial charge in [-0.25, -0.2) is 0 Å². The van der Waals surface area contributed by atoms with Crippen LogP contribution in [0.5, 0.6) is 5.75 Å². The van der Waals surface area contributed by atoms with Crippen LogP contribution >= 0.6 is 0 Å². The van der Waals surface area contributed by atoms with E-state index in [0.29, 0.717) is 30.0 Å². The number of benzene rings is 1. The highest BCUT2D eigenvalue weighted by Gasteiger charge is 2.08. The van der Waals surface area contributed by atoms with Crippen LogP contribution in [0.4, 0.5) is 5.69 Å². The van der Waals surface area contributed by atoms with Gasteiger partial charge >= 0.3 is 5.97 Å². The number of ketones is 1. The Balaban J connectivity index is 2.25. The lowest BCUT2D eigenvalue weighted by Gasteiger charge is -2.07. The lowest BCUT2D eigenvalue weighted by molar-refractivity contribution is -0.137. The average Bonchev–Trinajstić information content (AvgIpc) is 2.45. The summed E-state index contributed by atoms with van der Waals surface area (Å²) >= 11 is 0. The fourth-order valence-electron chi connectivity index (χ4n) is 1.91. The number of nitrogens with two attached hydrogens (primary N) is 1. The van der Waals surface area contributed by atoms with Crippen LogP contribution < -0.4 is 15.8 Å². The van der Waals surface area contributed by atoms with Gasteiger partial charge in [0.2, 0.25) is 0 Å². The predicted octanol–water partition coefficient (Wildman–Crippen LogP) is 1.69. The Bertz CT molecular complexity index is 489. The van der Waals surface area contributed by atoms with Crippen LogP contribution in [0.15, 0.2) is 18.2 Å². The van der Waals surface area contributed by atoms with Crippen molar-refractivity contribution >= 4 is 17.4 Å². The zero-order valence-electron chi connectivity index (χ0n) is 12.2. The zero-order chi connectivity index (χ0) is 15.7. The molecule has 4 N–H and O–H groups in total. The van der Waals surface area contributed by atoms with E-state index in [1.165, 1.54) is 7.11 Å². The first kappa shape index (κ1) is 17.0. The summed E-state index contributed by atoms with van der Waals surface area (Å²) in [7, 11) is 1.53. The highest BCUT2D eigenvalue weighted by Crippen LogP contribution is 2.21. The van der Waals surface area contributed by atoms with E-state index < -0.39 is 5.97 Å². The number of carboxylic acid groups (broad SMARTS) is 1. The Morgan fingerprint density at radius 1 is 1.29 bits per heavy atom. The van der Waals surface area contributed by atoms with Crippen molar-refractivity contribution in [3.63, 3.8) is 0 Å². The van der Waals surface area contributed by atoms with Gasteiger partial charge in [0.1, 0.15) is 5.75 Å². The molecule has 0 aliphatic carbocycles. The number of nitrogens with one attached hydrogen (secondary N) is 1. The molecule has 1 aromatic carbocycles. The smallest absolute Gasteiger partial charge is 0.303 e. The van der Waals surface area contributed by atoms with Crippen LogP contribution in [0.25, 0.3) is 0 Å². The minimum atomic E-state index is -0.768. The molecule has 1 rings (SSSR count). The maximum absolute atomic E-state index is 11.9. The van der Waals surface area contributed by atoms with Gasteiger partial charge in [0, 0.05) is 12.0 Å². The first-order valence-corrected chi connectivity index (χ1v) is 6.94. The maximum atomic E-state index is 11.9. The number of carboxylic acids is 1. The summed E-state index contributed by atoms with van der Waals surface area (Å²) in [6.45, 7) is 0.932. The summed E-state index contributed by atoms with van der Waals surface area (Å²) in [6.07, 6.45) is 2.55. The molecular weight excluding hydrogens is 272 g/mol. The Hall–Kier alpha value is -2.08. The van der Waals surface area contributed by atoms with Gasteiger partial charge in [0.05, 0.1) is 19.3 Å². The van der Waals surface area contributed by atoms with Crippen molar-refractivity contribution in [2.75, 3.05) is 25.9 Å². The minimum Gasteiger partial charge on any atom is -0.495 e. The fraction of sp³-hybridized carbons (Fsp3) is 0.467. The van der Waals surface area contributed by atoms with Gasteiger partial charge in [0.15, 0.2) is 5.78 Å². The number of carbonyl (C=O) groups is 2. The van der Waals surface area contributed by atoms with E-state index in [-0.39, 0.29) is 18.7 Å². The molecule has 0 amide bonds. The van der Waals surface area contributed by atoms with Crippen molar-refractivity contribution in [3.8, 4) is 5.75 Å². The van der Waals surface area contributed by atoms with Gasteiger partial charge in [-0.3, -0.25) is 9.59 Å². The highest BCUT2D eigenvalue weighted by molar-refractivity contribution is 5.98. The topological polar surface area (TPSA) is 102 Å². The summed E-state index contributed by atoms with van der Waals surface area (Å²) in [4.78, 5) is 22.3. The number of hydrogen-bond acceptors (Lipinski definition) is 5. The number of methoxy groups -OCH3 is 1. The number of carbonyl (C=O) groups excluding carboxylic acids is 1. The van der Waals surface area contributed by atoms with Crippen LogP contribution in [0.3, 0.4) is 0 Å². The molecule has 0 bridgehead atoms. The minimum absolute atomic E-state index is 0.0325. The molecule has 6 heteroatoms. The number of Topliss-reactive ketones (excluding diaryl/α,β-unsaturated/α-hetero) is 1. The quantitative estimate of drug-likeness (QED) is 0.345. The standard InChI is InChI=1S/C15H22N2O4/c1-21-14-7-6-11(9-12(14)16)13(18)10-17-8-4-2-3-5-15(19)20/h6-7,9,17H,2-5,8,10,16H2,1H3,(H,19,20). The number of ether oxygens (including phenoxy) is 1. The number of hydrogen-bond donors (Lipinski definition) is 3. The SMILES string of the molecule is COc1ccc(C(=O)CNCCCCCC(=O)O)cc1N. The van der Waals surface area contributed by atoms with Crippen molar-refractivity contribution in [1.82, 2.24) is 5.32 Å². The Kier molecular flexibility index (Phi) is 7.25. The summed E-state index contributed by atoms with van der Waals surface area (Å²) in [5, 5.41) is 11.5. The summed E-state index contributed by atoms with van der Waals surface area (Å²) in [5.41, 5.74) is 6.75. The van der Waals surface area contributed by atoms with Crippen LogP contribution in [-0.2, 0) is 4.79 Å². The monoisotopic (exact) mass is 294 g/mol. The molecule has 0 saturated carbocycles. The van der Waals surface area contributed by atoms with Gasteiger partial charge in [-0.2, -0.15) is 0 Å². The van der Waals surface area contributed by atoms with Gasteiger partial charge < -0.3 is 20.9 Å². The normalized spacial score (nSPS) is 10.3. The Morgan fingerprint density at radius 3 is 2.67 bits per heavy atom. The molecule has 21 heavy (non-hydrogen) atoms. The van der Waals surface area contributed by atoms with Gasteiger partial charge in [-0.1, -0.05) is 6.42 Å². The van der Waals surface area contributed by atoms with Gasteiger partial charge in [-0.05, 0) is 37.6 Å². The molecule has 1 aromatic rings. The lowest BCUT2D eigenvalue weighted by atomic mass is 10.1. The van der Waals surface area contributed by atoms with Gasteiger partial charge in [0.25, 0.3) is 0 Å². The molecule has 0 aliphatic rings. The van der Waals surface area contributed by atoms with E-state index in [1.807, 2.05) is 0 Å². The number of rotatable bonds is 10. The van der Waals surface area contributed by atoms with Crippen molar-refractivity contribution < 1.29 is 19.4 Å². The average molecular weight is 294 g/mol. The van der Waals surface area contributed by atoms with Crippen LogP contribution in [0.2, 0.25) is 0 Å². The highest BCUT2D eigenvalue weighted by atomic mass is 16.5. The second-order valence-corrected chi connectivity index (χ2v) is 4.76. The molecule has 0 radical (unpaired) electrons. The number of nitrogen functional groups attached to an aromatic ring is 1. The van der Waals surface area contributed by atoms with Crippen LogP contribution in [-0.4, -0.2) is 37.1 Å².